The second-order valence-corrected chi connectivity index (χ2v) is 7.40. The zero-order chi connectivity index (χ0) is 21.3. The Morgan fingerprint density at radius 2 is 2.13 bits per heavy atom. The number of nitrogens with one attached hydrogen (secondary N) is 2. The summed E-state index contributed by atoms with van der Waals surface area (Å²) in [6.45, 7) is 10.6. The minimum Gasteiger partial charge on any atom is -0.477 e. The first kappa shape index (κ1) is 20.0. The number of nitrogens with zero attached hydrogens (tertiary/aromatic N) is 6. The van der Waals surface area contributed by atoms with Crippen molar-refractivity contribution in [2.24, 2.45) is 0 Å². The lowest BCUT2D eigenvalue weighted by molar-refractivity contribution is 0.102. The van der Waals surface area contributed by atoms with Crippen molar-refractivity contribution in [3.63, 3.8) is 0 Å². The van der Waals surface area contributed by atoms with Gasteiger partial charge in [-0.2, -0.15) is 4.98 Å². The summed E-state index contributed by atoms with van der Waals surface area (Å²) < 4.78 is 7.51. The SMILES string of the molecule is CCOc1nc(N2CCN[C@@H](C)C2)ncc1C(=O)Nc1cn2cc(C)nc2c(C)n1. The van der Waals surface area contributed by atoms with E-state index in [-0.39, 0.29) is 17.4 Å². The molecule has 0 saturated carbocycles. The van der Waals surface area contributed by atoms with Crippen molar-refractivity contribution in [3.8, 4) is 5.88 Å². The molecule has 0 unspecified atom stereocenters. The number of aryl methyl sites for hydroxylation is 2. The van der Waals surface area contributed by atoms with Crippen molar-refractivity contribution in [1.29, 1.82) is 0 Å². The Kier molecular flexibility index (Phi) is 5.49. The summed E-state index contributed by atoms with van der Waals surface area (Å²) in [6.07, 6.45) is 5.14. The Morgan fingerprint density at radius 3 is 2.90 bits per heavy atom. The van der Waals surface area contributed by atoms with Crippen LogP contribution in [0.4, 0.5) is 11.8 Å². The molecule has 0 spiro atoms. The van der Waals surface area contributed by atoms with Crippen LogP contribution in [-0.4, -0.2) is 62.5 Å². The van der Waals surface area contributed by atoms with Crippen molar-refractivity contribution in [1.82, 2.24) is 29.7 Å². The van der Waals surface area contributed by atoms with E-state index in [0.717, 1.165) is 36.7 Å². The Morgan fingerprint density at radius 1 is 1.30 bits per heavy atom. The molecule has 3 aromatic rings. The molecular formula is C20H26N8O2. The summed E-state index contributed by atoms with van der Waals surface area (Å²) in [5.41, 5.74) is 2.64. The van der Waals surface area contributed by atoms with Gasteiger partial charge in [-0.15, -0.1) is 0 Å². The summed E-state index contributed by atoms with van der Waals surface area (Å²) in [6, 6.07) is 0.344. The Hall–Kier alpha value is -3.27. The molecule has 4 rings (SSSR count). The van der Waals surface area contributed by atoms with E-state index in [4.69, 9.17) is 4.74 Å². The van der Waals surface area contributed by atoms with E-state index in [1.165, 1.54) is 6.20 Å². The third-order valence-corrected chi connectivity index (χ3v) is 4.89. The van der Waals surface area contributed by atoms with Gasteiger partial charge in [-0.25, -0.2) is 15.0 Å². The topological polar surface area (TPSA) is 110 Å². The van der Waals surface area contributed by atoms with Crippen molar-refractivity contribution in [2.45, 2.75) is 33.7 Å². The number of amides is 1. The number of fused-ring (bicyclic) bond motifs is 1. The van der Waals surface area contributed by atoms with Crippen LogP contribution in [0.3, 0.4) is 0 Å². The minimum atomic E-state index is -0.373. The molecule has 3 aromatic heterocycles. The van der Waals surface area contributed by atoms with Crippen LogP contribution in [0, 0.1) is 13.8 Å². The quantitative estimate of drug-likeness (QED) is 0.653. The van der Waals surface area contributed by atoms with Gasteiger partial charge in [0.05, 0.1) is 24.2 Å². The van der Waals surface area contributed by atoms with Crippen LogP contribution in [0.1, 0.15) is 35.6 Å². The summed E-state index contributed by atoms with van der Waals surface area (Å²) in [7, 11) is 0. The van der Waals surface area contributed by atoms with Crippen LogP contribution in [0.25, 0.3) is 5.65 Å². The van der Waals surface area contributed by atoms with Gasteiger partial charge in [-0.05, 0) is 27.7 Å². The Balaban J connectivity index is 1.60. The van der Waals surface area contributed by atoms with Gasteiger partial charge in [0.1, 0.15) is 11.4 Å². The molecule has 10 nitrogen and oxygen atoms in total. The van der Waals surface area contributed by atoms with Crippen LogP contribution in [0.15, 0.2) is 18.6 Å². The Bertz CT molecular complexity index is 1080. The number of piperazine rings is 1. The normalized spacial score (nSPS) is 16.7. The maximum absolute atomic E-state index is 12.9. The number of aromatic nitrogens is 5. The standard InChI is InChI=1S/C20H26N8O2/c1-5-30-19-15(8-22-20(26-19)27-7-6-21-12(2)9-27)18(29)25-16-11-28-10-13(3)23-17(28)14(4)24-16/h8,10-12,21H,5-7,9H2,1-4H3,(H,25,29)/t12-/m0/s1. The number of rotatable bonds is 5. The van der Waals surface area contributed by atoms with Crippen LogP contribution in [0.5, 0.6) is 5.88 Å². The highest BCUT2D eigenvalue weighted by Crippen LogP contribution is 2.21. The fraction of sp³-hybridized carbons (Fsp3) is 0.450. The number of ether oxygens (including phenoxy) is 1. The molecule has 158 valence electrons. The first-order valence-corrected chi connectivity index (χ1v) is 10.1. The number of imidazole rings is 1. The molecular weight excluding hydrogens is 384 g/mol. The summed E-state index contributed by atoms with van der Waals surface area (Å²) >= 11 is 0. The predicted molar refractivity (Wildman–Crippen MR) is 113 cm³/mol. The highest BCUT2D eigenvalue weighted by Gasteiger charge is 2.22. The summed E-state index contributed by atoms with van der Waals surface area (Å²) in [4.78, 5) is 32.8. The summed E-state index contributed by atoms with van der Waals surface area (Å²) in [5, 5.41) is 6.21. The monoisotopic (exact) mass is 410 g/mol. The van der Waals surface area contributed by atoms with Crippen molar-refractivity contribution < 1.29 is 9.53 Å². The molecule has 0 aromatic carbocycles. The zero-order valence-electron chi connectivity index (χ0n) is 17.6. The molecule has 0 bridgehead atoms. The van der Waals surface area contributed by atoms with Crippen molar-refractivity contribution in [3.05, 3.63) is 35.5 Å². The number of carbonyl (C=O) groups excluding carboxylic acids is 1. The van der Waals surface area contributed by atoms with Gasteiger partial charge < -0.3 is 24.7 Å². The molecule has 1 amide bonds. The fourth-order valence-electron chi connectivity index (χ4n) is 3.54. The molecule has 30 heavy (non-hydrogen) atoms. The van der Waals surface area contributed by atoms with Gasteiger partial charge in [-0.3, -0.25) is 4.79 Å². The first-order chi connectivity index (χ1) is 14.4. The average Bonchev–Trinajstić information content (AvgIpc) is 3.09. The average molecular weight is 410 g/mol. The van der Waals surface area contributed by atoms with E-state index < -0.39 is 0 Å². The molecule has 0 aliphatic carbocycles. The van der Waals surface area contributed by atoms with Gasteiger partial charge in [-0.1, -0.05) is 0 Å². The maximum atomic E-state index is 12.9. The predicted octanol–water partition coefficient (Wildman–Crippen LogP) is 1.59. The molecule has 1 aliphatic rings. The van der Waals surface area contributed by atoms with Crippen LogP contribution in [0.2, 0.25) is 0 Å². The van der Waals surface area contributed by atoms with Crippen molar-refractivity contribution in [2.75, 3.05) is 36.5 Å². The molecule has 1 saturated heterocycles. The second kappa shape index (κ2) is 8.23. The molecule has 4 heterocycles. The van der Waals surface area contributed by atoms with Gasteiger partial charge in [0, 0.05) is 38.1 Å². The lowest BCUT2D eigenvalue weighted by atomic mass is 10.2. The van der Waals surface area contributed by atoms with Crippen molar-refractivity contribution >= 4 is 23.3 Å². The minimum absolute atomic E-state index is 0.266. The highest BCUT2D eigenvalue weighted by atomic mass is 16.5. The maximum Gasteiger partial charge on any atom is 0.263 e. The number of anilines is 2. The third-order valence-electron chi connectivity index (χ3n) is 4.89. The third kappa shape index (κ3) is 4.04. The molecule has 1 fully saturated rings. The fourth-order valence-corrected chi connectivity index (χ4v) is 3.54. The van der Waals surface area contributed by atoms with E-state index in [0.29, 0.717) is 24.4 Å². The smallest absolute Gasteiger partial charge is 0.263 e. The van der Waals surface area contributed by atoms with E-state index in [1.54, 1.807) is 6.20 Å². The van der Waals surface area contributed by atoms with E-state index in [1.807, 2.05) is 31.4 Å². The molecule has 2 N–H and O–H groups in total. The second-order valence-electron chi connectivity index (χ2n) is 7.40. The van der Waals surface area contributed by atoms with E-state index in [9.17, 15) is 4.79 Å². The summed E-state index contributed by atoms with van der Waals surface area (Å²) in [5.74, 6) is 0.877. The molecule has 1 aliphatic heterocycles. The van der Waals surface area contributed by atoms with E-state index >= 15 is 0 Å². The van der Waals surface area contributed by atoms with Gasteiger partial charge >= 0.3 is 0 Å². The van der Waals surface area contributed by atoms with Gasteiger partial charge in [0.15, 0.2) is 5.65 Å². The number of hydrogen-bond acceptors (Lipinski definition) is 8. The van der Waals surface area contributed by atoms with Crippen LogP contribution in [-0.2, 0) is 0 Å². The molecule has 10 heteroatoms. The highest BCUT2D eigenvalue weighted by molar-refractivity contribution is 6.05. The molecule has 0 radical (unpaired) electrons. The van der Waals surface area contributed by atoms with Crippen LogP contribution >= 0.6 is 0 Å². The lowest BCUT2D eigenvalue weighted by Gasteiger charge is -2.32. The van der Waals surface area contributed by atoms with Crippen LogP contribution < -0.4 is 20.3 Å². The van der Waals surface area contributed by atoms with E-state index in [2.05, 4.69) is 42.4 Å². The van der Waals surface area contributed by atoms with Gasteiger partial charge in [0.2, 0.25) is 11.8 Å². The van der Waals surface area contributed by atoms with Gasteiger partial charge in [0.25, 0.3) is 5.91 Å². The largest absolute Gasteiger partial charge is 0.477 e. The molecule has 1 atom stereocenters. The first-order valence-electron chi connectivity index (χ1n) is 10.1. The zero-order valence-corrected chi connectivity index (χ0v) is 17.6. The lowest BCUT2D eigenvalue weighted by Crippen LogP contribution is -2.49. The number of hydrogen-bond donors (Lipinski definition) is 2. The number of carbonyl (C=O) groups is 1. The Labute approximate surface area is 174 Å².